The third-order valence-corrected chi connectivity index (χ3v) is 4.20. The molecular weight excluding hydrogens is 256 g/mol. The average molecular weight is 277 g/mol. The quantitative estimate of drug-likeness (QED) is 0.805. The van der Waals surface area contributed by atoms with E-state index in [2.05, 4.69) is 17.9 Å². The molecule has 1 aromatic carbocycles. The number of nitrogens with zero attached hydrogens (tertiary/aromatic N) is 2. The number of hydrogen-bond donors (Lipinski definition) is 0. The standard InChI is InChI=1S/C16H21ClN2/c1-2-4-13-5-3-9-19(10-8-13)16-7-6-15(17)11-14(16)12-18/h6-7,11,13H,2-5,8-10H2,1H3. The second-order valence-electron chi connectivity index (χ2n) is 5.35. The normalized spacial score (nSPS) is 19.8. The van der Waals surface area contributed by atoms with Crippen LogP contribution in [0.5, 0.6) is 0 Å². The van der Waals surface area contributed by atoms with Crippen LogP contribution in [0.25, 0.3) is 0 Å². The highest BCUT2D eigenvalue weighted by Gasteiger charge is 2.18. The molecule has 1 saturated heterocycles. The molecular formula is C16H21ClN2. The Balaban J connectivity index is 2.12. The first kappa shape index (κ1) is 14.2. The Morgan fingerprint density at radius 1 is 1.37 bits per heavy atom. The molecule has 1 aromatic rings. The second-order valence-corrected chi connectivity index (χ2v) is 5.78. The number of halogens is 1. The molecule has 2 rings (SSSR count). The summed E-state index contributed by atoms with van der Waals surface area (Å²) < 4.78 is 0. The molecule has 1 aliphatic rings. The molecule has 0 bridgehead atoms. The summed E-state index contributed by atoms with van der Waals surface area (Å²) in [5.41, 5.74) is 1.74. The molecule has 1 fully saturated rings. The van der Waals surface area contributed by atoms with Gasteiger partial charge in [0.25, 0.3) is 0 Å². The third-order valence-electron chi connectivity index (χ3n) is 3.96. The van der Waals surface area contributed by atoms with Crippen molar-refractivity contribution in [2.45, 2.75) is 39.0 Å². The minimum absolute atomic E-state index is 0.638. The lowest BCUT2D eigenvalue weighted by Gasteiger charge is -2.24. The summed E-state index contributed by atoms with van der Waals surface area (Å²) in [6.45, 7) is 4.37. The van der Waals surface area contributed by atoms with Crippen LogP contribution >= 0.6 is 11.6 Å². The zero-order valence-electron chi connectivity index (χ0n) is 11.5. The molecule has 0 spiro atoms. The molecule has 1 heterocycles. The molecule has 1 aliphatic heterocycles. The van der Waals surface area contributed by atoms with Gasteiger partial charge in [0.1, 0.15) is 6.07 Å². The van der Waals surface area contributed by atoms with Crippen molar-refractivity contribution in [3.63, 3.8) is 0 Å². The Hall–Kier alpha value is -1.20. The topological polar surface area (TPSA) is 27.0 Å². The van der Waals surface area contributed by atoms with E-state index in [1.807, 2.05) is 12.1 Å². The molecule has 0 aliphatic carbocycles. The fourth-order valence-corrected chi connectivity index (χ4v) is 3.15. The van der Waals surface area contributed by atoms with Crippen molar-refractivity contribution in [2.24, 2.45) is 5.92 Å². The minimum atomic E-state index is 0.638. The molecule has 3 heteroatoms. The average Bonchev–Trinajstić information content (AvgIpc) is 2.65. The summed E-state index contributed by atoms with van der Waals surface area (Å²) in [7, 11) is 0. The number of rotatable bonds is 3. The van der Waals surface area contributed by atoms with Crippen LogP contribution in [0.1, 0.15) is 44.6 Å². The number of nitriles is 1. The summed E-state index contributed by atoms with van der Waals surface area (Å²) in [4.78, 5) is 2.35. The summed E-state index contributed by atoms with van der Waals surface area (Å²) in [5.74, 6) is 0.854. The van der Waals surface area contributed by atoms with Crippen LogP contribution in [0.2, 0.25) is 5.02 Å². The van der Waals surface area contributed by atoms with Gasteiger partial charge in [0.15, 0.2) is 0 Å². The van der Waals surface area contributed by atoms with E-state index in [1.54, 1.807) is 6.07 Å². The minimum Gasteiger partial charge on any atom is -0.370 e. The second kappa shape index (κ2) is 6.82. The van der Waals surface area contributed by atoms with Gasteiger partial charge in [0, 0.05) is 18.1 Å². The van der Waals surface area contributed by atoms with E-state index >= 15 is 0 Å². The molecule has 102 valence electrons. The Bertz CT molecular complexity index is 464. The van der Waals surface area contributed by atoms with Gasteiger partial charge in [-0.25, -0.2) is 0 Å². The van der Waals surface area contributed by atoms with Crippen molar-refractivity contribution < 1.29 is 0 Å². The lowest BCUT2D eigenvalue weighted by molar-refractivity contribution is 0.435. The predicted octanol–water partition coefficient (Wildman–Crippen LogP) is 4.62. The van der Waals surface area contributed by atoms with E-state index in [4.69, 9.17) is 11.6 Å². The first-order valence-corrected chi connectivity index (χ1v) is 7.57. The van der Waals surface area contributed by atoms with Crippen molar-refractivity contribution in [1.29, 1.82) is 5.26 Å². The largest absolute Gasteiger partial charge is 0.370 e. The maximum atomic E-state index is 9.24. The van der Waals surface area contributed by atoms with Crippen LogP contribution in [-0.4, -0.2) is 13.1 Å². The van der Waals surface area contributed by atoms with Gasteiger partial charge in [-0.1, -0.05) is 31.4 Å². The molecule has 0 aromatic heterocycles. The molecule has 0 N–H and O–H groups in total. The Morgan fingerprint density at radius 2 is 2.21 bits per heavy atom. The number of anilines is 1. The van der Waals surface area contributed by atoms with Crippen LogP contribution in [0, 0.1) is 17.2 Å². The number of hydrogen-bond acceptors (Lipinski definition) is 2. The van der Waals surface area contributed by atoms with E-state index in [0.717, 1.165) is 24.7 Å². The van der Waals surface area contributed by atoms with Gasteiger partial charge in [-0.3, -0.25) is 0 Å². The van der Waals surface area contributed by atoms with Crippen LogP contribution in [0.4, 0.5) is 5.69 Å². The van der Waals surface area contributed by atoms with E-state index in [9.17, 15) is 5.26 Å². The molecule has 19 heavy (non-hydrogen) atoms. The van der Waals surface area contributed by atoms with Crippen molar-refractivity contribution >= 4 is 17.3 Å². The van der Waals surface area contributed by atoms with Gasteiger partial charge in [-0.15, -0.1) is 0 Å². The van der Waals surface area contributed by atoms with Crippen LogP contribution in [0.15, 0.2) is 18.2 Å². The summed E-state index contributed by atoms with van der Waals surface area (Å²) in [6.07, 6.45) is 6.38. The highest BCUT2D eigenvalue weighted by molar-refractivity contribution is 6.30. The smallest absolute Gasteiger partial charge is 0.101 e. The van der Waals surface area contributed by atoms with Crippen LogP contribution in [0.3, 0.4) is 0 Å². The molecule has 2 nitrogen and oxygen atoms in total. The van der Waals surface area contributed by atoms with E-state index < -0.39 is 0 Å². The van der Waals surface area contributed by atoms with Crippen molar-refractivity contribution in [2.75, 3.05) is 18.0 Å². The zero-order chi connectivity index (χ0) is 13.7. The fourth-order valence-electron chi connectivity index (χ4n) is 2.98. The lowest BCUT2D eigenvalue weighted by atomic mass is 9.96. The maximum absolute atomic E-state index is 9.24. The first-order chi connectivity index (χ1) is 9.24. The summed E-state index contributed by atoms with van der Waals surface area (Å²) >= 11 is 5.96. The van der Waals surface area contributed by atoms with Crippen molar-refractivity contribution in [3.8, 4) is 6.07 Å². The molecule has 0 radical (unpaired) electrons. The lowest BCUT2D eigenvalue weighted by Crippen LogP contribution is -2.25. The SMILES string of the molecule is CCCC1CCCN(c2ccc(Cl)cc2C#N)CC1. The maximum Gasteiger partial charge on any atom is 0.101 e. The first-order valence-electron chi connectivity index (χ1n) is 7.19. The highest BCUT2D eigenvalue weighted by atomic mass is 35.5. The zero-order valence-corrected chi connectivity index (χ0v) is 12.3. The predicted molar refractivity (Wildman–Crippen MR) is 80.6 cm³/mol. The van der Waals surface area contributed by atoms with E-state index in [1.165, 1.54) is 32.1 Å². The Labute approximate surface area is 121 Å². The third kappa shape index (κ3) is 3.64. The van der Waals surface area contributed by atoms with Gasteiger partial charge < -0.3 is 4.90 Å². The molecule has 1 unspecified atom stereocenters. The monoisotopic (exact) mass is 276 g/mol. The molecule has 0 amide bonds. The van der Waals surface area contributed by atoms with Crippen molar-refractivity contribution in [1.82, 2.24) is 0 Å². The van der Waals surface area contributed by atoms with Gasteiger partial charge >= 0.3 is 0 Å². The fraction of sp³-hybridized carbons (Fsp3) is 0.562. The van der Waals surface area contributed by atoms with Crippen LogP contribution in [-0.2, 0) is 0 Å². The molecule has 0 saturated carbocycles. The van der Waals surface area contributed by atoms with Gasteiger partial charge in [0.2, 0.25) is 0 Å². The Kier molecular flexibility index (Phi) is 5.10. The number of benzene rings is 1. The van der Waals surface area contributed by atoms with E-state index in [-0.39, 0.29) is 0 Å². The van der Waals surface area contributed by atoms with Gasteiger partial charge in [0.05, 0.1) is 11.3 Å². The van der Waals surface area contributed by atoms with Gasteiger partial charge in [-0.05, 0) is 43.4 Å². The summed E-state index contributed by atoms with van der Waals surface area (Å²) in [5, 5.41) is 9.88. The summed E-state index contributed by atoms with van der Waals surface area (Å²) in [6, 6.07) is 7.90. The Morgan fingerprint density at radius 3 is 2.95 bits per heavy atom. The highest BCUT2D eigenvalue weighted by Crippen LogP contribution is 2.28. The van der Waals surface area contributed by atoms with Crippen LogP contribution < -0.4 is 4.90 Å². The van der Waals surface area contributed by atoms with E-state index in [0.29, 0.717) is 10.6 Å². The van der Waals surface area contributed by atoms with Crippen molar-refractivity contribution in [3.05, 3.63) is 28.8 Å². The molecule has 1 atom stereocenters. The van der Waals surface area contributed by atoms with Gasteiger partial charge in [-0.2, -0.15) is 5.26 Å².